The fourth-order valence-corrected chi connectivity index (χ4v) is 7.66. The smallest absolute Gasteiger partial charge is 0.333 e. The number of carboxylic acids is 1. The molecule has 5 N–H and O–H groups in total. The highest BCUT2D eigenvalue weighted by molar-refractivity contribution is 5.90. The van der Waals surface area contributed by atoms with Gasteiger partial charge >= 0.3 is 11.9 Å². The van der Waals surface area contributed by atoms with E-state index in [4.69, 9.17) is 23.9 Å². The number of aliphatic hydroxyl groups excluding tert-OH is 4. The van der Waals surface area contributed by atoms with E-state index in [1.54, 1.807) is 12.2 Å². The lowest BCUT2D eigenvalue weighted by Crippen LogP contribution is -2.69. The van der Waals surface area contributed by atoms with Crippen LogP contribution in [0.1, 0.15) is 69.9 Å². The number of ether oxygens (including phenoxy) is 4. The first-order valence-corrected chi connectivity index (χ1v) is 16.2. The summed E-state index contributed by atoms with van der Waals surface area (Å²) in [5.74, 6) is -2.08. The standard InChI is InChI=1S/C34H46NO11/c1-4-21-23(15-28(38)39)22(32(42)43-3)11-12-25(21)44-33-30(40)31(41)34(27(17-37)45-33)16-20-14-24(18(2)19-8-5-6-9-19)35-29(20)26(46-34)10-7-13-36/h4,11,14,16,18-19,21,23,25,27,30-31,33,36-37,40-41H,1,5-10,12-13,15,17H2,2-3H3,(H,38,39)/q-1/t18-,21-,23+,25-,27-,30-,31-,33-,34-/m1/s1. The summed E-state index contributed by atoms with van der Waals surface area (Å²) in [5, 5.41) is 54.2. The van der Waals surface area contributed by atoms with Gasteiger partial charge in [0.25, 0.3) is 0 Å². The molecule has 12 heteroatoms. The minimum atomic E-state index is -1.69. The fraction of sp³-hybridized carbons (Fsp3) is 0.647. The Morgan fingerprint density at radius 1 is 1.24 bits per heavy atom. The molecule has 3 heterocycles. The monoisotopic (exact) mass is 644 g/mol. The zero-order chi connectivity index (χ0) is 33.2. The van der Waals surface area contributed by atoms with E-state index < -0.39 is 66.7 Å². The van der Waals surface area contributed by atoms with E-state index in [9.17, 15) is 35.1 Å². The maximum Gasteiger partial charge on any atom is 0.333 e. The van der Waals surface area contributed by atoms with Crippen LogP contribution in [-0.2, 0) is 28.5 Å². The predicted octanol–water partition coefficient (Wildman–Crippen LogP) is 0.588. The number of carboxylic acid groups (broad SMARTS) is 1. The van der Waals surface area contributed by atoms with Crippen LogP contribution in [0.5, 0.6) is 0 Å². The highest BCUT2D eigenvalue weighted by atomic mass is 16.7. The van der Waals surface area contributed by atoms with Gasteiger partial charge in [-0.05, 0) is 48.8 Å². The molecule has 0 aromatic carbocycles. The Hall–Kier alpha value is -3.00. The number of esters is 1. The molecule has 0 amide bonds. The Balaban J connectivity index is 1.45. The van der Waals surface area contributed by atoms with Gasteiger partial charge in [-0.25, -0.2) is 4.79 Å². The second-order valence-corrected chi connectivity index (χ2v) is 12.9. The summed E-state index contributed by atoms with van der Waals surface area (Å²) in [6.45, 7) is 5.32. The molecule has 1 saturated heterocycles. The van der Waals surface area contributed by atoms with Crippen LogP contribution in [0.3, 0.4) is 0 Å². The minimum Gasteiger partial charge on any atom is -0.658 e. The van der Waals surface area contributed by atoms with Gasteiger partial charge in [-0.2, -0.15) is 5.69 Å². The molecule has 2 aliphatic heterocycles. The normalized spacial score (nSPS) is 33.5. The Morgan fingerprint density at radius 2 is 1.98 bits per heavy atom. The number of hydrogen-bond acceptors (Lipinski definition) is 10. The second-order valence-electron chi connectivity index (χ2n) is 12.9. The van der Waals surface area contributed by atoms with Crippen molar-refractivity contribution in [2.24, 2.45) is 17.8 Å². The number of hydrogen-bond donors (Lipinski definition) is 5. The molecule has 2 aliphatic carbocycles. The molecule has 1 saturated carbocycles. The van der Waals surface area contributed by atoms with Gasteiger partial charge < -0.3 is 49.5 Å². The summed E-state index contributed by atoms with van der Waals surface area (Å²) in [6.07, 6.45) is 3.20. The van der Waals surface area contributed by atoms with E-state index in [0.717, 1.165) is 18.5 Å². The van der Waals surface area contributed by atoms with E-state index >= 15 is 0 Å². The molecule has 1 spiro atoms. The number of aliphatic hydroxyl groups is 4. The first kappa shape index (κ1) is 34.3. The van der Waals surface area contributed by atoms with Crippen LogP contribution in [0.25, 0.3) is 11.8 Å². The van der Waals surface area contributed by atoms with Crippen LogP contribution in [0.4, 0.5) is 0 Å². The number of aromatic nitrogens is 1. The van der Waals surface area contributed by atoms with Gasteiger partial charge in [0.2, 0.25) is 0 Å². The third-order valence-corrected chi connectivity index (χ3v) is 10.2. The molecular weight excluding hydrogens is 598 g/mol. The zero-order valence-electron chi connectivity index (χ0n) is 26.4. The van der Waals surface area contributed by atoms with Gasteiger partial charge in [0.05, 0.1) is 32.0 Å². The van der Waals surface area contributed by atoms with E-state index in [0.29, 0.717) is 35.1 Å². The van der Waals surface area contributed by atoms with Crippen LogP contribution in [0, 0.1) is 17.8 Å². The molecule has 12 nitrogen and oxygen atoms in total. The molecular formula is C34H46NO11-. The molecule has 0 bridgehead atoms. The molecule has 0 radical (unpaired) electrons. The van der Waals surface area contributed by atoms with E-state index in [-0.39, 0.29) is 30.9 Å². The Labute approximate surface area is 268 Å². The van der Waals surface area contributed by atoms with Crippen molar-refractivity contribution < 1.29 is 54.1 Å². The average molecular weight is 645 g/mol. The second kappa shape index (κ2) is 14.4. The van der Waals surface area contributed by atoms with Crippen molar-refractivity contribution in [1.82, 2.24) is 4.98 Å². The average Bonchev–Trinajstić information content (AvgIpc) is 3.74. The van der Waals surface area contributed by atoms with Gasteiger partial charge in [0.1, 0.15) is 18.3 Å². The molecule has 4 aliphatic rings. The number of aliphatic carboxylic acids is 1. The summed E-state index contributed by atoms with van der Waals surface area (Å²) in [4.78, 5) is 29.1. The molecule has 254 valence electrons. The number of methoxy groups -OCH3 is 1. The molecule has 9 atom stereocenters. The van der Waals surface area contributed by atoms with E-state index in [1.165, 1.54) is 26.0 Å². The van der Waals surface area contributed by atoms with Crippen molar-refractivity contribution in [2.45, 2.75) is 101 Å². The minimum absolute atomic E-state index is 0.0904. The summed E-state index contributed by atoms with van der Waals surface area (Å²) in [5.41, 5.74) is -0.583. The van der Waals surface area contributed by atoms with Crippen molar-refractivity contribution in [1.29, 1.82) is 0 Å². The molecule has 5 rings (SSSR count). The van der Waals surface area contributed by atoms with Crippen molar-refractivity contribution in [3.05, 3.63) is 46.6 Å². The maximum absolute atomic E-state index is 12.4. The van der Waals surface area contributed by atoms with E-state index in [1.807, 2.05) is 6.07 Å². The van der Waals surface area contributed by atoms with Crippen molar-refractivity contribution in [3.8, 4) is 0 Å². The lowest BCUT2D eigenvalue weighted by Gasteiger charge is -2.51. The predicted molar refractivity (Wildman–Crippen MR) is 164 cm³/mol. The molecule has 1 aromatic rings. The maximum atomic E-state index is 12.4. The number of carbonyl (C=O) groups is 2. The Kier molecular flexibility index (Phi) is 10.8. The van der Waals surface area contributed by atoms with Crippen LogP contribution in [0.2, 0.25) is 0 Å². The van der Waals surface area contributed by atoms with Gasteiger partial charge in [0.15, 0.2) is 11.9 Å². The van der Waals surface area contributed by atoms with Gasteiger partial charge in [-0.15, -0.1) is 6.58 Å². The van der Waals surface area contributed by atoms with Crippen molar-refractivity contribution in [2.75, 3.05) is 20.3 Å². The molecule has 46 heavy (non-hydrogen) atoms. The Morgan fingerprint density at radius 3 is 2.61 bits per heavy atom. The highest BCUT2D eigenvalue weighted by Crippen LogP contribution is 2.42. The largest absolute Gasteiger partial charge is 0.658 e. The Bertz CT molecular complexity index is 1420. The summed E-state index contributed by atoms with van der Waals surface area (Å²) < 4.78 is 23.6. The number of nitrogens with zero attached hydrogens (tertiary/aromatic N) is 1. The first-order chi connectivity index (χ1) is 22.1. The van der Waals surface area contributed by atoms with Crippen molar-refractivity contribution in [3.63, 3.8) is 0 Å². The summed E-state index contributed by atoms with van der Waals surface area (Å²) >= 11 is 0. The van der Waals surface area contributed by atoms with Crippen LogP contribution in [-0.4, -0.2) is 94.1 Å². The molecule has 0 unspecified atom stereocenters. The van der Waals surface area contributed by atoms with Crippen LogP contribution < -0.4 is 15.6 Å². The molecule has 1 aromatic heterocycles. The van der Waals surface area contributed by atoms with Gasteiger partial charge in [-0.1, -0.05) is 43.3 Å². The summed E-state index contributed by atoms with van der Waals surface area (Å²) in [7, 11) is 1.22. The highest BCUT2D eigenvalue weighted by Gasteiger charge is 2.58. The zero-order valence-corrected chi connectivity index (χ0v) is 26.4. The fourth-order valence-electron chi connectivity index (χ4n) is 7.66. The number of fused-ring (bicyclic) bond motifs is 1. The van der Waals surface area contributed by atoms with Gasteiger partial charge in [0, 0.05) is 30.4 Å². The topological polar surface area (TPSA) is 186 Å². The van der Waals surface area contributed by atoms with Crippen molar-refractivity contribution >= 4 is 23.8 Å². The quantitative estimate of drug-likeness (QED) is 0.158. The van der Waals surface area contributed by atoms with Crippen LogP contribution >= 0.6 is 0 Å². The molecule has 2 fully saturated rings. The van der Waals surface area contributed by atoms with Crippen LogP contribution in [0.15, 0.2) is 30.4 Å². The third-order valence-electron chi connectivity index (χ3n) is 10.2. The van der Waals surface area contributed by atoms with Gasteiger partial charge in [-0.3, -0.25) is 4.79 Å². The summed E-state index contributed by atoms with van der Waals surface area (Å²) in [6, 6.07) is 1.97. The third kappa shape index (κ3) is 6.43. The lowest BCUT2D eigenvalue weighted by molar-refractivity contribution is -0.328. The van der Waals surface area contributed by atoms with E-state index in [2.05, 4.69) is 13.5 Å². The number of rotatable bonds is 12. The lowest BCUT2D eigenvalue weighted by atomic mass is 9.74. The number of carbonyl (C=O) groups excluding carboxylic acids is 1. The SMILES string of the molecule is C=C[C@@H]1[C@H](CC(=O)O)C(C(=O)OC)=CC[C@H]1O[C@@H]1O[C@H](CO)[C@]2(C=c3cc([C@H](C)C4CCCC4)[n-]c3=C(CCCO)O2)[C@H](O)[C@H]1O. The first-order valence-electron chi connectivity index (χ1n) is 16.2.